The summed E-state index contributed by atoms with van der Waals surface area (Å²) >= 11 is 0. The van der Waals surface area contributed by atoms with Crippen molar-refractivity contribution in [3.05, 3.63) is 23.8 Å². The van der Waals surface area contributed by atoms with Crippen molar-refractivity contribution < 1.29 is 38.7 Å². The van der Waals surface area contributed by atoms with E-state index in [2.05, 4.69) is 0 Å². The van der Waals surface area contributed by atoms with E-state index < -0.39 is 42.5 Å². The van der Waals surface area contributed by atoms with Crippen LogP contribution in [0.1, 0.15) is 20.3 Å². The predicted octanol–water partition coefficient (Wildman–Crippen LogP) is -0.127. The van der Waals surface area contributed by atoms with Crippen molar-refractivity contribution >= 4 is 11.9 Å². The van der Waals surface area contributed by atoms with Crippen LogP contribution in [0.25, 0.3) is 0 Å². The molecule has 2 aliphatic heterocycles. The minimum Gasteiger partial charge on any atom is -0.463 e. The van der Waals surface area contributed by atoms with Gasteiger partial charge in [-0.25, -0.2) is 0 Å². The summed E-state index contributed by atoms with van der Waals surface area (Å²) in [6.45, 7) is 2.65. The molecule has 8 nitrogen and oxygen atoms in total. The Morgan fingerprint density at radius 3 is 2.68 bits per heavy atom. The lowest BCUT2D eigenvalue weighted by Crippen LogP contribution is -2.42. The Morgan fingerprint density at radius 1 is 1.28 bits per heavy atom. The fraction of sp³-hybridized carbons (Fsp3) is 0.647. The summed E-state index contributed by atoms with van der Waals surface area (Å²) in [5.74, 6) is -0.922. The topological polar surface area (TPSA) is 112 Å². The van der Waals surface area contributed by atoms with Gasteiger partial charge in [-0.15, -0.1) is 0 Å². The number of carbonyl (C=O) groups is 2. The number of hydrogen-bond donors (Lipinski definition) is 2. The van der Waals surface area contributed by atoms with Crippen LogP contribution < -0.4 is 0 Å². The lowest BCUT2D eigenvalue weighted by Gasteiger charge is -2.33. The smallest absolute Gasteiger partial charge is 0.303 e. The first-order valence-corrected chi connectivity index (χ1v) is 8.16. The highest BCUT2D eigenvalue weighted by atomic mass is 16.6. The Morgan fingerprint density at radius 2 is 2.04 bits per heavy atom. The number of hydrogen-bond acceptors (Lipinski definition) is 8. The van der Waals surface area contributed by atoms with Crippen LogP contribution in [0.3, 0.4) is 0 Å². The lowest BCUT2D eigenvalue weighted by atomic mass is 9.96. The lowest BCUT2D eigenvalue weighted by molar-refractivity contribution is -0.161. The van der Waals surface area contributed by atoms with E-state index in [1.54, 1.807) is 18.2 Å². The van der Waals surface area contributed by atoms with E-state index in [4.69, 9.17) is 18.9 Å². The van der Waals surface area contributed by atoms with Gasteiger partial charge in [0, 0.05) is 13.8 Å². The van der Waals surface area contributed by atoms with Gasteiger partial charge in [0.15, 0.2) is 0 Å². The van der Waals surface area contributed by atoms with Crippen LogP contribution in [0.5, 0.6) is 0 Å². The molecule has 1 fully saturated rings. The maximum atomic E-state index is 11.2. The highest BCUT2D eigenvalue weighted by Crippen LogP contribution is 2.24. The molecule has 8 heteroatoms. The molecule has 1 saturated heterocycles. The summed E-state index contributed by atoms with van der Waals surface area (Å²) in [5, 5.41) is 19.4. The summed E-state index contributed by atoms with van der Waals surface area (Å²) in [7, 11) is 0. The minimum atomic E-state index is -0.908. The highest BCUT2D eigenvalue weighted by molar-refractivity contribution is 5.66. The molecule has 0 spiro atoms. The number of aliphatic hydroxyl groups is 2. The van der Waals surface area contributed by atoms with Gasteiger partial charge < -0.3 is 29.2 Å². The summed E-state index contributed by atoms with van der Waals surface area (Å²) in [4.78, 5) is 22.2. The molecule has 0 aliphatic carbocycles. The first-order valence-electron chi connectivity index (χ1n) is 8.16. The zero-order valence-electron chi connectivity index (χ0n) is 14.3. The van der Waals surface area contributed by atoms with Gasteiger partial charge in [0.05, 0.1) is 19.3 Å². The molecule has 2 heterocycles. The SMILES string of the molecule is CC(=O)OC[C@H]1O[C@@H](/C=C2\CCO[C@H](CO)[C@H]2O)C=C[C@H]1OC(C)=O. The normalized spacial score (nSPS) is 33.9. The predicted molar refractivity (Wildman–Crippen MR) is 85.5 cm³/mol. The molecule has 25 heavy (non-hydrogen) atoms. The zero-order chi connectivity index (χ0) is 18.4. The van der Waals surface area contributed by atoms with E-state index in [1.807, 2.05) is 0 Å². The summed E-state index contributed by atoms with van der Waals surface area (Å²) < 4.78 is 21.3. The molecular formula is C17H24O8. The van der Waals surface area contributed by atoms with Gasteiger partial charge in [0.25, 0.3) is 0 Å². The molecule has 0 unspecified atom stereocenters. The number of aliphatic hydroxyl groups excluding tert-OH is 2. The Labute approximate surface area is 146 Å². The molecule has 0 radical (unpaired) electrons. The molecule has 0 amide bonds. The van der Waals surface area contributed by atoms with Crippen molar-refractivity contribution in [1.82, 2.24) is 0 Å². The van der Waals surface area contributed by atoms with Crippen LogP contribution in [-0.2, 0) is 28.5 Å². The van der Waals surface area contributed by atoms with Gasteiger partial charge in [-0.3, -0.25) is 9.59 Å². The van der Waals surface area contributed by atoms with Crippen molar-refractivity contribution in [2.45, 2.75) is 50.8 Å². The Balaban J connectivity index is 2.09. The van der Waals surface area contributed by atoms with Crippen LogP contribution >= 0.6 is 0 Å². The van der Waals surface area contributed by atoms with Crippen molar-refractivity contribution in [2.24, 2.45) is 0 Å². The van der Waals surface area contributed by atoms with Crippen LogP contribution in [0, 0.1) is 0 Å². The van der Waals surface area contributed by atoms with Crippen molar-refractivity contribution in [1.29, 1.82) is 0 Å². The van der Waals surface area contributed by atoms with E-state index in [0.717, 1.165) is 0 Å². The summed E-state index contributed by atoms with van der Waals surface area (Å²) in [6, 6.07) is 0. The first-order chi connectivity index (χ1) is 11.9. The van der Waals surface area contributed by atoms with Crippen LogP contribution in [0.2, 0.25) is 0 Å². The largest absolute Gasteiger partial charge is 0.463 e. The second-order valence-corrected chi connectivity index (χ2v) is 5.93. The Bertz CT molecular complexity index is 541. The molecule has 2 aliphatic rings. The first kappa shape index (κ1) is 19.6. The Kier molecular flexibility index (Phi) is 7.12. The van der Waals surface area contributed by atoms with Gasteiger partial charge in [-0.05, 0) is 18.1 Å². The average Bonchev–Trinajstić information content (AvgIpc) is 2.56. The fourth-order valence-electron chi connectivity index (χ4n) is 2.75. The molecule has 0 bridgehead atoms. The Hall–Kier alpha value is -1.74. The molecular weight excluding hydrogens is 332 g/mol. The van der Waals surface area contributed by atoms with Crippen LogP contribution in [0.15, 0.2) is 23.8 Å². The van der Waals surface area contributed by atoms with Gasteiger partial charge >= 0.3 is 11.9 Å². The van der Waals surface area contributed by atoms with E-state index in [-0.39, 0.29) is 13.2 Å². The van der Waals surface area contributed by atoms with Gasteiger partial charge in [-0.2, -0.15) is 0 Å². The maximum Gasteiger partial charge on any atom is 0.303 e. The van der Waals surface area contributed by atoms with E-state index in [0.29, 0.717) is 18.6 Å². The average molecular weight is 356 g/mol. The van der Waals surface area contributed by atoms with Gasteiger partial charge in [0.1, 0.15) is 31.0 Å². The van der Waals surface area contributed by atoms with Gasteiger partial charge in [-0.1, -0.05) is 12.2 Å². The highest BCUT2D eigenvalue weighted by Gasteiger charge is 2.32. The van der Waals surface area contributed by atoms with Crippen LogP contribution in [-0.4, -0.2) is 72.5 Å². The number of esters is 2. The molecule has 0 aromatic heterocycles. The number of ether oxygens (including phenoxy) is 4. The second-order valence-electron chi connectivity index (χ2n) is 5.93. The third-order valence-electron chi connectivity index (χ3n) is 3.95. The maximum absolute atomic E-state index is 11.2. The van der Waals surface area contributed by atoms with Crippen molar-refractivity contribution in [3.63, 3.8) is 0 Å². The molecule has 140 valence electrons. The van der Waals surface area contributed by atoms with E-state index in [9.17, 15) is 19.8 Å². The number of rotatable bonds is 5. The molecule has 0 aromatic rings. The molecule has 0 saturated carbocycles. The minimum absolute atomic E-state index is 0.0534. The third kappa shape index (κ3) is 5.64. The zero-order valence-corrected chi connectivity index (χ0v) is 14.3. The quantitative estimate of drug-likeness (QED) is 0.518. The standard InChI is InChI=1S/C17H24O8/c1-10(19)23-9-16-14(24-11(2)20)4-3-13(25-16)7-12-5-6-22-15(8-18)17(12)21/h3-4,7,13-18,21H,5-6,8-9H2,1-2H3/b12-7+/t13-,14-,15-,16-,17+/m1/s1. The van der Waals surface area contributed by atoms with Gasteiger partial charge in [0.2, 0.25) is 0 Å². The van der Waals surface area contributed by atoms with Crippen molar-refractivity contribution in [2.75, 3.05) is 19.8 Å². The molecule has 2 N–H and O–H groups in total. The third-order valence-corrected chi connectivity index (χ3v) is 3.95. The molecule has 5 atom stereocenters. The second kappa shape index (κ2) is 9.10. The molecule has 2 rings (SSSR count). The van der Waals surface area contributed by atoms with Crippen LogP contribution in [0.4, 0.5) is 0 Å². The van der Waals surface area contributed by atoms with Crippen molar-refractivity contribution in [3.8, 4) is 0 Å². The summed E-state index contributed by atoms with van der Waals surface area (Å²) in [5.41, 5.74) is 0.706. The van der Waals surface area contributed by atoms with E-state index >= 15 is 0 Å². The number of carbonyl (C=O) groups excluding carboxylic acids is 2. The molecule has 0 aromatic carbocycles. The summed E-state index contributed by atoms with van der Waals surface area (Å²) in [6.07, 6.45) is 2.31. The van der Waals surface area contributed by atoms with E-state index in [1.165, 1.54) is 13.8 Å². The monoisotopic (exact) mass is 356 g/mol. The fourth-order valence-corrected chi connectivity index (χ4v) is 2.75.